The highest BCUT2D eigenvalue weighted by molar-refractivity contribution is 7.09. The van der Waals surface area contributed by atoms with E-state index in [-0.39, 0.29) is 17.9 Å². The average molecular weight is 317 g/mol. The number of carbonyl (C=O) groups is 1. The van der Waals surface area contributed by atoms with E-state index in [9.17, 15) is 18.0 Å². The number of carbonyl (C=O) groups excluding carboxylic acids is 1. The van der Waals surface area contributed by atoms with E-state index in [1.54, 1.807) is 6.07 Å². The number of anilines is 1. The topological polar surface area (TPSA) is 61.6 Å². The molecule has 21 heavy (non-hydrogen) atoms. The van der Waals surface area contributed by atoms with E-state index in [0.717, 1.165) is 23.1 Å². The molecular weight excluding hydrogens is 307 g/mol. The molecule has 8 heteroatoms. The minimum absolute atomic E-state index is 0.0542. The van der Waals surface area contributed by atoms with Crippen LogP contribution in [-0.4, -0.2) is 12.3 Å². The first kappa shape index (κ1) is 15.2. The highest BCUT2D eigenvalue weighted by Crippen LogP contribution is 2.29. The number of benzene rings is 1. The molecule has 0 bridgehead atoms. The predicted octanol–water partition coefficient (Wildman–Crippen LogP) is 3.59. The van der Waals surface area contributed by atoms with Crippen molar-refractivity contribution in [3.8, 4) is 5.75 Å². The van der Waals surface area contributed by atoms with Crippen molar-refractivity contribution >= 4 is 23.0 Å². The molecular formula is C13H10F3NO3S. The quantitative estimate of drug-likeness (QED) is 0.691. The molecule has 0 amide bonds. The molecule has 0 unspecified atom stereocenters. The molecule has 1 heterocycles. The summed E-state index contributed by atoms with van der Waals surface area (Å²) in [5.41, 5.74) is 5.19. The van der Waals surface area contributed by atoms with E-state index in [1.807, 2.05) is 11.4 Å². The summed E-state index contributed by atoms with van der Waals surface area (Å²) in [7, 11) is 0. The fourth-order valence-electron chi connectivity index (χ4n) is 1.51. The number of rotatable bonds is 4. The largest absolute Gasteiger partial charge is 0.573 e. The van der Waals surface area contributed by atoms with Crippen molar-refractivity contribution < 1.29 is 27.4 Å². The molecule has 0 aliphatic carbocycles. The molecule has 0 aliphatic rings. The summed E-state index contributed by atoms with van der Waals surface area (Å²) in [6.07, 6.45) is -4.84. The summed E-state index contributed by atoms with van der Waals surface area (Å²) in [5, 5.41) is 1.84. The van der Waals surface area contributed by atoms with E-state index in [4.69, 9.17) is 10.5 Å². The number of ether oxygens (including phenoxy) is 2. The predicted molar refractivity (Wildman–Crippen MR) is 71.0 cm³/mol. The van der Waals surface area contributed by atoms with E-state index >= 15 is 0 Å². The maximum absolute atomic E-state index is 12.1. The first-order valence-corrected chi connectivity index (χ1v) is 6.58. The first-order valence-electron chi connectivity index (χ1n) is 5.70. The van der Waals surface area contributed by atoms with Crippen LogP contribution in [0, 0.1) is 0 Å². The van der Waals surface area contributed by atoms with Gasteiger partial charge in [0.1, 0.15) is 6.61 Å². The fourth-order valence-corrected chi connectivity index (χ4v) is 2.12. The molecule has 4 nitrogen and oxygen atoms in total. The summed E-state index contributed by atoms with van der Waals surface area (Å²) < 4.78 is 45.0. The van der Waals surface area contributed by atoms with E-state index in [1.165, 1.54) is 11.3 Å². The van der Waals surface area contributed by atoms with Crippen LogP contribution in [0.3, 0.4) is 0 Å². The number of hydrogen-bond donors (Lipinski definition) is 1. The summed E-state index contributed by atoms with van der Waals surface area (Å²) in [6, 6.07) is 6.83. The molecule has 0 radical (unpaired) electrons. The Morgan fingerprint density at radius 1 is 1.29 bits per heavy atom. The molecule has 0 aliphatic heterocycles. The van der Waals surface area contributed by atoms with E-state index in [2.05, 4.69) is 4.74 Å². The SMILES string of the molecule is Nc1cc(C(=O)OCc2cccs2)ccc1OC(F)(F)F. The lowest BCUT2D eigenvalue weighted by atomic mass is 10.2. The monoisotopic (exact) mass is 317 g/mol. The molecule has 2 aromatic rings. The van der Waals surface area contributed by atoms with Crippen LogP contribution in [0.15, 0.2) is 35.7 Å². The number of nitrogen functional groups attached to an aromatic ring is 1. The van der Waals surface area contributed by atoms with Crippen LogP contribution in [0.5, 0.6) is 5.75 Å². The van der Waals surface area contributed by atoms with Gasteiger partial charge in [0.05, 0.1) is 11.3 Å². The summed E-state index contributed by atoms with van der Waals surface area (Å²) >= 11 is 1.43. The summed E-state index contributed by atoms with van der Waals surface area (Å²) in [5.74, 6) is -1.23. The third-order valence-electron chi connectivity index (χ3n) is 2.40. The zero-order valence-corrected chi connectivity index (χ0v) is 11.3. The van der Waals surface area contributed by atoms with Crippen molar-refractivity contribution in [1.29, 1.82) is 0 Å². The van der Waals surface area contributed by atoms with Crippen molar-refractivity contribution in [2.75, 3.05) is 5.73 Å². The highest BCUT2D eigenvalue weighted by atomic mass is 32.1. The van der Waals surface area contributed by atoms with Crippen LogP contribution >= 0.6 is 11.3 Å². The molecule has 0 saturated carbocycles. The van der Waals surface area contributed by atoms with Gasteiger partial charge in [-0.1, -0.05) is 6.07 Å². The van der Waals surface area contributed by atoms with Gasteiger partial charge < -0.3 is 15.2 Å². The molecule has 1 aromatic heterocycles. The van der Waals surface area contributed by atoms with Crippen LogP contribution in [0.1, 0.15) is 15.2 Å². The Morgan fingerprint density at radius 2 is 2.05 bits per heavy atom. The molecule has 2 rings (SSSR count). The smallest absolute Gasteiger partial charge is 0.456 e. The minimum Gasteiger partial charge on any atom is -0.456 e. The molecule has 2 N–H and O–H groups in total. The lowest BCUT2D eigenvalue weighted by molar-refractivity contribution is -0.274. The number of hydrogen-bond acceptors (Lipinski definition) is 5. The third kappa shape index (κ3) is 4.38. The van der Waals surface area contributed by atoms with Crippen LogP contribution < -0.4 is 10.5 Å². The maximum atomic E-state index is 12.1. The van der Waals surface area contributed by atoms with Gasteiger partial charge >= 0.3 is 12.3 Å². The van der Waals surface area contributed by atoms with Crippen molar-refractivity contribution in [3.63, 3.8) is 0 Å². The minimum atomic E-state index is -4.84. The van der Waals surface area contributed by atoms with Crippen LogP contribution in [0.25, 0.3) is 0 Å². The van der Waals surface area contributed by atoms with E-state index < -0.39 is 18.1 Å². The number of thiophene rings is 1. The molecule has 0 atom stereocenters. The zero-order chi connectivity index (χ0) is 15.5. The van der Waals surface area contributed by atoms with Crippen LogP contribution in [-0.2, 0) is 11.3 Å². The lowest BCUT2D eigenvalue weighted by Gasteiger charge is -2.11. The van der Waals surface area contributed by atoms with Crippen molar-refractivity contribution in [2.45, 2.75) is 13.0 Å². The Kier molecular flexibility index (Phi) is 4.37. The Hall–Kier alpha value is -2.22. The zero-order valence-electron chi connectivity index (χ0n) is 10.5. The van der Waals surface area contributed by atoms with Gasteiger partial charge in [-0.15, -0.1) is 24.5 Å². The Balaban J connectivity index is 2.03. The van der Waals surface area contributed by atoms with Crippen molar-refractivity contribution in [2.24, 2.45) is 0 Å². The second-order valence-corrected chi connectivity index (χ2v) is 4.99. The Bertz CT molecular complexity index is 626. The average Bonchev–Trinajstić information content (AvgIpc) is 2.90. The van der Waals surface area contributed by atoms with Gasteiger partial charge in [-0.3, -0.25) is 0 Å². The fraction of sp³-hybridized carbons (Fsp3) is 0.154. The van der Waals surface area contributed by atoms with Gasteiger partial charge in [-0.05, 0) is 29.6 Å². The number of halogens is 3. The second kappa shape index (κ2) is 6.04. The van der Waals surface area contributed by atoms with Gasteiger partial charge in [-0.25, -0.2) is 4.79 Å². The molecule has 0 spiro atoms. The van der Waals surface area contributed by atoms with Gasteiger partial charge in [0.2, 0.25) is 0 Å². The van der Waals surface area contributed by atoms with Gasteiger partial charge in [0.15, 0.2) is 5.75 Å². The number of alkyl halides is 3. The summed E-state index contributed by atoms with van der Waals surface area (Å²) in [4.78, 5) is 12.6. The van der Waals surface area contributed by atoms with Gasteiger partial charge in [0.25, 0.3) is 0 Å². The molecule has 112 valence electrons. The first-order chi connectivity index (χ1) is 9.85. The lowest BCUT2D eigenvalue weighted by Crippen LogP contribution is -2.18. The number of nitrogens with two attached hydrogens (primary N) is 1. The van der Waals surface area contributed by atoms with Crippen molar-refractivity contribution in [3.05, 3.63) is 46.2 Å². The molecule has 0 saturated heterocycles. The maximum Gasteiger partial charge on any atom is 0.573 e. The normalized spacial score (nSPS) is 11.2. The molecule has 1 aromatic carbocycles. The van der Waals surface area contributed by atoms with E-state index in [0.29, 0.717) is 0 Å². The van der Waals surface area contributed by atoms with Crippen LogP contribution in [0.4, 0.5) is 18.9 Å². The second-order valence-electron chi connectivity index (χ2n) is 3.96. The van der Waals surface area contributed by atoms with Gasteiger partial charge in [-0.2, -0.15) is 0 Å². The van der Waals surface area contributed by atoms with Crippen molar-refractivity contribution in [1.82, 2.24) is 0 Å². The standard InChI is InChI=1S/C13H10F3NO3S/c14-13(15,16)20-11-4-3-8(6-10(11)17)12(18)19-7-9-2-1-5-21-9/h1-6H,7,17H2. The summed E-state index contributed by atoms with van der Waals surface area (Å²) in [6.45, 7) is 0.0945. The Morgan fingerprint density at radius 3 is 2.62 bits per heavy atom. The Labute approximate surface area is 121 Å². The number of esters is 1. The van der Waals surface area contributed by atoms with Crippen LogP contribution in [0.2, 0.25) is 0 Å². The highest BCUT2D eigenvalue weighted by Gasteiger charge is 2.32. The third-order valence-corrected chi connectivity index (χ3v) is 3.25. The molecule has 0 fully saturated rings. The van der Waals surface area contributed by atoms with Gasteiger partial charge in [0, 0.05) is 4.88 Å².